The molecule has 1 aliphatic carbocycles. The number of alkyl halides is 3. The Morgan fingerprint density at radius 1 is 1.33 bits per heavy atom. The third-order valence-electron chi connectivity index (χ3n) is 4.49. The van der Waals surface area contributed by atoms with Crippen LogP contribution in [-0.4, -0.2) is 58.7 Å². The highest BCUT2D eigenvalue weighted by molar-refractivity contribution is 7.13. The summed E-state index contributed by atoms with van der Waals surface area (Å²) < 4.78 is 31.7. The third-order valence-corrected chi connectivity index (χ3v) is 5.58. The first-order valence-corrected chi connectivity index (χ1v) is 9.43. The summed E-state index contributed by atoms with van der Waals surface area (Å²) in [6.45, 7) is 1.93. The molecule has 3 rings (SSSR count). The Hall–Kier alpha value is -1.72. The van der Waals surface area contributed by atoms with Crippen molar-refractivity contribution in [1.29, 1.82) is 0 Å². The van der Waals surface area contributed by atoms with Gasteiger partial charge in [-0.2, -0.15) is 13.2 Å². The van der Waals surface area contributed by atoms with Crippen LogP contribution in [0.2, 0.25) is 0 Å². The summed E-state index contributed by atoms with van der Waals surface area (Å²) >= 11 is 1.53. The van der Waals surface area contributed by atoms with Crippen molar-refractivity contribution < 1.29 is 27.9 Å². The number of hydrogen-bond donors (Lipinski definition) is 3. The van der Waals surface area contributed by atoms with Gasteiger partial charge < -0.3 is 21.1 Å². The van der Waals surface area contributed by atoms with E-state index >= 15 is 0 Å². The summed E-state index contributed by atoms with van der Waals surface area (Å²) in [5.74, 6) is -2.80. The fourth-order valence-electron chi connectivity index (χ4n) is 2.99. The number of aromatic nitrogens is 1. The van der Waals surface area contributed by atoms with Crippen molar-refractivity contribution in [1.82, 2.24) is 15.2 Å². The number of nitrogens with two attached hydrogens (primary N) is 1. The van der Waals surface area contributed by atoms with Crippen molar-refractivity contribution in [3.63, 3.8) is 0 Å². The Balaban J connectivity index is 0.000000321. The molecule has 11 heteroatoms. The molecule has 0 spiro atoms. The smallest absolute Gasteiger partial charge is 0.475 e. The van der Waals surface area contributed by atoms with Crippen molar-refractivity contribution in [2.24, 2.45) is 5.73 Å². The zero-order chi connectivity index (χ0) is 20.2. The van der Waals surface area contributed by atoms with Crippen molar-refractivity contribution in [3.8, 4) is 0 Å². The van der Waals surface area contributed by atoms with Crippen LogP contribution in [0.4, 0.5) is 13.2 Å². The van der Waals surface area contributed by atoms with E-state index in [-0.39, 0.29) is 18.0 Å². The molecule has 1 fully saturated rings. The molecule has 0 radical (unpaired) electrons. The Labute approximate surface area is 158 Å². The number of fused-ring (bicyclic) bond motifs is 1. The topological polar surface area (TPSA) is 109 Å². The van der Waals surface area contributed by atoms with Gasteiger partial charge in [0.1, 0.15) is 0 Å². The van der Waals surface area contributed by atoms with Crippen molar-refractivity contribution in [2.45, 2.75) is 56.9 Å². The van der Waals surface area contributed by atoms with Crippen LogP contribution in [0.25, 0.3) is 0 Å². The van der Waals surface area contributed by atoms with E-state index in [0.717, 1.165) is 44.5 Å². The molecule has 2 heterocycles. The van der Waals surface area contributed by atoms with E-state index in [1.54, 1.807) is 0 Å². The highest BCUT2D eigenvalue weighted by atomic mass is 32.1. The molecule has 27 heavy (non-hydrogen) atoms. The van der Waals surface area contributed by atoms with Gasteiger partial charge in [0, 0.05) is 36.5 Å². The SMILES string of the molecule is CN1CCc2nc(C(=O)N[C@H]3CCCC[C@H]3N)sc2C1.O=C(O)C(F)(F)F. The number of rotatable bonds is 2. The van der Waals surface area contributed by atoms with Gasteiger partial charge in [-0.15, -0.1) is 11.3 Å². The number of amides is 1. The lowest BCUT2D eigenvalue weighted by Crippen LogP contribution is -2.49. The van der Waals surface area contributed by atoms with E-state index in [1.165, 1.54) is 22.6 Å². The number of likely N-dealkylation sites (N-methyl/N-ethyl adjacent to an activating group) is 1. The van der Waals surface area contributed by atoms with E-state index in [2.05, 4.69) is 22.2 Å². The van der Waals surface area contributed by atoms with Gasteiger partial charge >= 0.3 is 12.1 Å². The molecular weight excluding hydrogens is 385 g/mol. The Morgan fingerprint density at radius 3 is 2.56 bits per heavy atom. The van der Waals surface area contributed by atoms with Crippen LogP contribution in [0, 0.1) is 0 Å². The highest BCUT2D eigenvalue weighted by Gasteiger charge is 2.38. The minimum atomic E-state index is -5.08. The lowest BCUT2D eigenvalue weighted by molar-refractivity contribution is -0.192. The zero-order valence-electron chi connectivity index (χ0n) is 14.9. The van der Waals surface area contributed by atoms with Crippen molar-refractivity contribution in [2.75, 3.05) is 13.6 Å². The first kappa shape index (κ1) is 21.6. The molecule has 1 aliphatic heterocycles. The highest BCUT2D eigenvalue weighted by Crippen LogP contribution is 2.25. The number of thiazole rings is 1. The quantitative estimate of drug-likeness (QED) is 0.688. The van der Waals surface area contributed by atoms with Crippen LogP contribution in [0.5, 0.6) is 0 Å². The molecular formula is C16H23F3N4O3S. The van der Waals surface area contributed by atoms with Crippen LogP contribution in [-0.2, 0) is 17.8 Å². The maximum absolute atomic E-state index is 12.3. The molecule has 2 aliphatic rings. The average molecular weight is 408 g/mol. The normalized spacial score (nSPS) is 23.0. The molecule has 152 valence electrons. The van der Waals surface area contributed by atoms with E-state index in [0.29, 0.717) is 5.01 Å². The number of nitrogens with one attached hydrogen (secondary N) is 1. The van der Waals surface area contributed by atoms with Gasteiger partial charge in [0.2, 0.25) is 0 Å². The second kappa shape index (κ2) is 8.98. The first-order chi connectivity index (χ1) is 12.6. The van der Waals surface area contributed by atoms with Crippen LogP contribution < -0.4 is 11.1 Å². The largest absolute Gasteiger partial charge is 0.490 e. The fourth-order valence-corrected chi connectivity index (χ4v) is 4.08. The van der Waals surface area contributed by atoms with Crippen molar-refractivity contribution in [3.05, 3.63) is 15.6 Å². The van der Waals surface area contributed by atoms with Crippen LogP contribution in [0.1, 0.15) is 46.1 Å². The molecule has 0 saturated heterocycles. The van der Waals surface area contributed by atoms with E-state index < -0.39 is 12.1 Å². The van der Waals surface area contributed by atoms with Gasteiger partial charge in [-0.1, -0.05) is 12.8 Å². The van der Waals surface area contributed by atoms with Gasteiger partial charge in [-0.3, -0.25) is 4.79 Å². The number of halogens is 3. The lowest BCUT2D eigenvalue weighted by Gasteiger charge is -2.28. The van der Waals surface area contributed by atoms with Gasteiger partial charge in [0.05, 0.1) is 5.69 Å². The monoisotopic (exact) mass is 408 g/mol. The molecule has 1 aromatic heterocycles. The molecule has 1 saturated carbocycles. The predicted molar refractivity (Wildman–Crippen MR) is 93.5 cm³/mol. The van der Waals surface area contributed by atoms with Crippen LogP contribution in [0.15, 0.2) is 0 Å². The molecule has 0 aromatic carbocycles. The molecule has 1 amide bonds. The molecule has 0 bridgehead atoms. The second-order valence-electron chi connectivity index (χ2n) is 6.71. The van der Waals surface area contributed by atoms with E-state index in [9.17, 15) is 18.0 Å². The van der Waals surface area contributed by atoms with Gasteiger partial charge in [-0.25, -0.2) is 9.78 Å². The number of carboxylic acid groups (broad SMARTS) is 1. The Bertz CT molecular complexity index is 680. The molecule has 7 nitrogen and oxygen atoms in total. The van der Waals surface area contributed by atoms with Crippen LogP contribution in [0.3, 0.4) is 0 Å². The number of nitrogens with zero attached hydrogens (tertiary/aromatic N) is 2. The summed E-state index contributed by atoms with van der Waals surface area (Å²) in [7, 11) is 2.10. The predicted octanol–water partition coefficient (Wildman–Crippen LogP) is 1.76. The summed E-state index contributed by atoms with van der Waals surface area (Å²) in [4.78, 5) is 29.2. The van der Waals surface area contributed by atoms with Crippen molar-refractivity contribution >= 4 is 23.2 Å². The van der Waals surface area contributed by atoms with Crippen LogP contribution >= 0.6 is 11.3 Å². The summed E-state index contributed by atoms with van der Waals surface area (Å²) in [6, 6.07) is 0.202. The van der Waals surface area contributed by atoms with Gasteiger partial charge in [0.25, 0.3) is 5.91 Å². The minimum absolute atomic E-state index is 0.0468. The third kappa shape index (κ3) is 6.15. The van der Waals surface area contributed by atoms with Gasteiger partial charge in [-0.05, 0) is 19.9 Å². The number of carbonyl (C=O) groups is 2. The Morgan fingerprint density at radius 2 is 1.96 bits per heavy atom. The number of aliphatic carboxylic acids is 1. The number of carbonyl (C=O) groups excluding carboxylic acids is 1. The lowest BCUT2D eigenvalue weighted by atomic mass is 9.91. The van der Waals surface area contributed by atoms with Gasteiger partial charge in [0.15, 0.2) is 5.01 Å². The van der Waals surface area contributed by atoms with E-state index in [1.807, 2.05) is 0 Å². The van der Waals surface area contributed by atoms with E-state index in [4.69, 9.17) is 15.6 Å². The summed E-state index contributed by atoms with van der Waals surface area (Å²) in [6.07, 6.45) is 0.173. The maximum atomic E-state index is 12.3. The second-order valence-corrected chi connectivity index (χ2v) is 7.79. The summed E-state index contributed by atoms with van der Waals surface area (Å²) in [5, 5.41) is 10.8. The standard InChI is InChI=1S/C14H22N4OS.C2HF3O2/c1-18-7-6-11-12(8-18)20-14(17-11)13(19)16-10-5-3-2-4-9(10)15;3-2(4,5)1(6)7/h9-10H,2-8,15H2,1H3,(H,16,19);(H,6,7)/t9-,10+;/m1./s1. The summed E-state index contributed by atoms with van der Waals surface area (Å²) in [5.41, 5.74) is 7.19. The first-order valence-electron chi connectivity index (χ1n) is 8.61. The molecule has 1 aromatic rings. The minimum Gasteiger partial charge on any atom is -0.475 e. The molecule has 2 atom stereocenters. The zero-order valence-corrected chi connectivity index (χ0v) is 15.7. The fraction of sp³-hybridized carbons (Fsp3) is 0.688. The Kier molecular flexibility index (Phi) is 7.18. The maximum Gasteiger partial charge on any atom is 0.490 e. The number of carboxylic acids is 1. The molecule has 0 unspecified atom stereocenters. The number of hydrogen-bond acceptors (Lipinski definition) is 6. The molecule has 4 N–H and O–H groups in total. The average Bonchev–Trinajstić information content (AvgIpc) is 3.00.